The number of rotatable bonds is 6. The lowest BCUT2D eigenvalue weighted by atomic mass is 10.2. The molecule has 1 aromatic heterocycles. The number of urea groups is 1. The monoisotopic (exact) mass is 373 g/mol. The van der Waals surface area contributed by atoms with Crippen LogP contribution in [-0.2, 0) is 16.6 Å². The minimum absolute atomic E-state index is 0.0253. The molecule has 1 aromatic carbocycles. The van der Waals surface area contributed by atoms with E-state index < -0.39 is 0 Å². The van der Waals surface area contributed by atoms with Crippen molar-refractivity contribution in [3.8, 4) is 5.75 Å². The van der Waals surface area contributed by atoms with E-state index in [1.54, 1.807) is 48.1 Å². The molecule has 3 rings (SSSR count). The van der Waals surface area contributed by atoms with E-state index in [-0.39, 0.29) is 24.6 Å². The molecule has 0 spiro atoms. The second-order valence-electron chi connectivity index (χ2n) is 6.10. The summed E-state index contributed by atoms with van der Waals surface area (Å²) in [5.41, 5.74) is 2.03. The average Bonchev–Trinajstić information content (AvgIpc) is 3.07. The van der Waals surface area contributed by atoms with E-state index in [0.29, 0.717) is 30.3 Å². The van der Waals surface area contributed by atoms with Crippen LogP contribution >= 0.6 is 0 Å². The Balaban J connectivity index is 1.73. The standard InChI is InChI=1S/C18H23N5O4/c1-4-23-15-9-12(5-6-16(15)27-11-17(23)24)20-18(25)21-13(10-26-3)14-7-8-19-22(14)2/h5-9,13H,4,10-11H2,1-3H3,(H2,20,21,25)/t13-/m0/s1. The maximum Gasteiger partial charge on any atom is 0.319 e. The quantitative estimate of drug-likeness (QED) is 0.803. The normalized spacial score (nSPS) is 14.3. The van der Waals surface area contributed by atoms with Gasteiger partial charge in [0.15, 0.2) is 6.61 Å². The van der Waals surface area contributed by atoms with Gasteiger partial charge in [0.05, 0.1) is 24.0 Å². The van der Waals surface area contributed by atoms with E-state index in [2.05, 4.69) is 15.7 Å². The Kier molecular flexibility index (Phi) is 5.60. The van der Waals surface area contributed by atoms with Gasteiger partial charge >= 0.3 is 6.03 Å². The zero-order chi connectivity index (χ0) is 19.4. The number of fused-ring (bicyclic) bond motifs is 1. The smallest absolute Gasteiger partial charge is 0.319 e. The molecule has 144 valence electrons. The molecule has 2 aromatic rings. The van der Waals surface area contributed by atoms with Gasteiger partial charge in [-0.1, -0.05) is 0 Å². The molecular formula is C18H23N5O4. The summed E-state index contributed by atoms with van der Waals surface area (Å²) in [6.07, 6.45) is 1.66. The van der Waals surface area contributed by atoms with Gasteiger partial charge in [0, 0.05) is 32.6 Å². The molecule has 9 nitrogen and oxygen atoms in total. The van der Waals surface area contributed by atoms with Crippen molar-refractivity contribution >= 4 is 23.3 Å². The molecule has 3 amide bonds. The number of benzene rings is 1. The summed E-state index contributed by atoms with van der Waals surface area (Å²) < 4.78 is 12.3. The maximum atomic E-state index is 12.5. The third kappa shape index (κ3) is 4.03. The van der Waals surface area contributed by atoms with Crippen LogP contribution in [0.1, 0.15) is 18.7 Å². The first-order valence-corrected chi connectivity index (χ1v) is 8.65. The molecule has 1 atom stereocenters. The Labute approximate surface area is 157 Å². The van der Waals surface area contributed by atoms with Crippen LogP contribution in [0, 0.1) is 0 Å². The van der Waals surface area contributed by atoms with Crippen LogP contribution in [0.25, 0.3) is 0 Å². The highest BCUT2D eigenvalue weighted by Crippen LogP contribution is 2.34. The third-order valence-electron chi connectivity index (χ3n) is 4.33. The lowest BCUT2D eigenvalue weighted by Crippen LogP contribution is -2.38. The lowest BCUT2D eigenvalue weighted by molar-refractivity contribution is -0.121. The number of amides is 3. The topological polar surface area (TPSA) is 97.7 Å². The highest BCUT2D eigenvalue weighted by atomic mass is 16.5. The molecule has 0 bridgehead atoms. The van der Waals surface area contributed by atoms with Crippen molar-refractivity contribution in [1.82, 2.24) is 15.1 Å². The van der Waals surface area contributed by atoms with Crippen molar-refractivity contribution < 1.29 is 19.1 Å². The molecule has 27 heavy (non-hydrogen) atoms. The maximum absolute atomic E-state index is 12.5. The van der Waals surface area contributed by atoms with Gasteiger partial charge in [0.1, 0.15) is 5.75 Å². The van der Waals surface area contributed by atoms with Gasteiger partial charge in [0.2, 0.25) is 0 Å². The fourth-order valence-electron chi connectivity index (χ4n) is 3.05. The van der Waals surface area contributed by atoms with E-state index in [0.717, 1.165) is 5.69 Å². The SMILES string of the molecule is CCN1C(=O)COc2ccc(NC(=O)N[C@@H](COC)c3ccnn3C)cc21. The fraction of sp³-hybridized carbons (Fsp3) is 0.389. The Morgan fingerprint density at radius 3 is 2.89 bits per heavy atom. The van der Waals surface area contributed by atoms with Gasteiger partial charge in [-0.15, -0.1) is 0 Å². The summed E-state index contributed by atoms with van der Waals surface area (Å²) in [7, 11) is 3.38. The molecule has 1 aliphatic rings. The van der Waals surface area contributed by atoms with E-state index in [9.17, 15) is 9.59 Å². The summed E-state index contributed by atoms with van der Waals surface area (Å²) in [6, 6.07) is 6.29. The summed E-state index contributed by atoms with van der Waals surface area (Å²) in [5.74, 6) is 0.512. The van der Waals surface area contributed by atoms with Crippen LogP contribution in [-0.4, -0.2) is 48.6 Å². The van der Waals surface area contributed by atoms with Crippen LogP contribution in [0.15, 0.2) is 30.5 Å². The van der Waals surface area contributed by atoms with E-state index in [4.69, 9.17) is 9.47 Å². The number of nitrogens with one attached hydrogen (secondary N) is 2. The highest BCUT2D eigenvalue weighted by molar-refractivity contribution is 5.99. The minimum Gasteiger partial charge on any atom is -0.482 e. The second-order valence-corrected chi connectivity index (χ2v) is 6.10. The number of aryl methyl sites for hydroxylation is 1. The van der Waals surface area contributed by atoms with Crippen molar-refractivity contribution in [3.63, 3.8) is 0 Å². The van der Waals surface area contributed by atoms with Crippen LogP contribution in [0.3, 0.4) is 0 Å². The Hall–Kier alpha value is -3.07. The molecule has 0 saturated carbocycles. The third-order valence-corrected chi connectivity index (χ3v) is 4.33. The molecular weight excluding hydrogens is 350 g/mol. The van der Waals surface area contributed by atoms with Crippen molar-refractivity contribution in [2.75, 3.05) is 37.1 Å². The summed E-state index contributed by atoms with van der Waals surface area (Å²) in [6.45, 7) is 2.75. The number of anilines is 2. The number of aromatic nitrogens is 2. The van der Waals surface area contributed by atoms with Crippen LogP contribution in [0.2, 0.25) is 0 Å². The number of nitrogens with zero attached hydrogens (tertiary/aromatic N) is 3. The Morgan fingerprint density at radius 2 is 2.22 bits per heavy atom. The molecule has 2 N–H and O–H groups in total. The molecule has 1 aliphatic heterocycles. The number of likely N-dealkylation sites (N-methyl/N-ethyl adjacent to an activating group) is 1. The summed E-state index contributed by atoms with van der Waals surface area (Å²) in [4.78, 5) is 26.1. The number of carbonyl (C=O) groups is 2. The van der Waals surface area contributed by atoms with Crippen molar-refractivity contribution in [2.45, 2.75) is 13.0 Å². The fourth-order valence-corrected chi connectivity index (χ4v) is 3.05. The second kappa shape index (κ2) is 8.09. The average molecular weight is 373 g/mol. The first-order chi connectivity index (χ1) is 13.0. The van der Waals surface area contributed by atoms with Crippen LogP contribution in [0.4, 0.5) is 16.2 Å². The van der Waals surface area contributed by atoms with E-state index in [1.807, 2.05) is 13.0 Å². The number of carbonyl (C=O) groups excluding carboxylic acids is 2. The van der Waals surface area contributed by atoms with Gasteiger partial charge in [-0.05, 0) is 31.2 Å². The first kappa shape index (κ1) is 18.7. The van der Waals surface area contributed by atoms with Crippen molar-refractivity contribution in [3.05, 3.63) is 36.2 Å². The van der Waals surface area contributed by atoms with Gasteiger partial charge < -0.3 is 25.0 Å². The van der Waals surface area contributed by atoms with E-state index >= 15 is 0 Å². The largest absolute Gasteiger partial charge is 0.482 e. The first-order valence-electron chi connectivity index (χ1n) is 8.65. The number of hydrogen-bond acceptors (Lipinski definition) is 5. The zero-order valence-electron chi connectivity index (χ0n) is 15.6. The number of hydrogen-bond donors (Lipinski definition) is 2. The minimum atomic E-state index is -0.385. The highest BCUT2D eigenvalue weighted by Gasteiger charge is 2.25. The van der Waals surface area contributed by atoms with Crippen LogP contribution in [0.5, 0.6) is 5.75 Å². The summed E-state index contributed by atoms with van der Waals surface area (Å²) >= 11 is 0. The zero-order valence-corrected chi connectivity index (χ0v) is 15.6. The predicted octanol–water partition coefficient (Wildman–Crippen LogP) is 1.67. The predicted molar refractivity (Wildman–Crippen MR) is 99.9 cm³/mol. The van der Waals surface area contributed by atoms with Gasteiger partial charge in [-0.2, -0.15) is 5.10 Å². The van der Waals surface area contributed by atoms with Gasteiger partial charge in [0.25, 0.3) is 5.91 Å². The molecule has 0 aliphatic carbocycles. The van der Waals surface area contributed by atoms with Crippen molar-refractivity contribution in [1.29, 1.82) is 0 Å². The Morgan fingerprint density at radius 1 is 1.41 bits per heavy atom. The molecule has 9 heteroatoms. The molecule has 2 heterocycles. The number of methoxy groups -OCH3 is 1. The molecule has 0 radical (unpaired) electrons. The van der Waals surface area contributed by atoms with Gasteiger partial charge in [-0.3, -0.25) is 9.48 Å². The van der Waals surface area contributed by atoms with E-state index in [1.165, 1.54) is 0 Å². The van der Waals surface area contributed by atoms with Gasteiger partial charge in [-0.25, -0.2) is 4.79 Å². The summed E-state index contributed by atoms with van der Waals surface area (Å²) in [5, 5.41) is 9.79. The van der Waals surface area contributed by atoms with Crippen LogP contribution < -0.4 is 20.3 Å². The van der Waals surface area contributed by atoms with Crippen molar-refractivity contribution in [2.24, 2.45) is 7.05 Å². The lowest BCUT2D eigenvalue weighted by Gasteiger charge is -2.28. The number of ether oxygens (including phenoxy) is 2. The molecule has 0 fully saturated rings. The molecule has 0 unspecified atom stereocenters. The Bertz CT molecular complexity index is 835. The molecule has 0 saturated heterocycles.